The first-order chi connectivity index (χ1) is 7.72. The van der Waals surface area contributed by atoms with E-state index in [1.807, 2.05) is 0 Å². The SMILES string of the molecule is CCCOC1(C)CN(Cc2ccccc2)C1. The van der Waals surface area contributed by atoms with Crippen molar-refractivity contribution in [2.75, 3.05) is 19.7 Å². The van der Waals surface area contributed by atoms with Gasteiger partial charge in [-0.15, -0.1) is 0 Å². The van der Waals surface area contributed by atoms with Crippen molar-refractivity contribution in [3.63, 3.8) is 0 Å². The average molecular weight is 219 g/mol. The lowest BCUT2D eigenvalue weighted by molar-refractivity contribution is -0.134. The summed E-state index contributed by atoms with van der Waals surface area (Å²) in [6, 6.07) is 10.6. The lowest BCUT2D eigenvalue weighted by atomic mass is 9.95. The molecule has 0 spiro atoms. The first-order valence-corrected chi connectivity index (χ1v) is 6.12. The Morgan fingerprint density at radius 2 is 1.94 bits per heavy atom. The fourth-order valence-corrected chi connectivity index (χ4v) is 2.29. The minimum Gasteiger partial charge on any atom is -0.373 e. The monoisotopic (exact) mass is 219 g/mol. The van der Waals surface area contributed by atoms with Crippen molar-refractivity contribution in [1.29, 1.82) is 0 Å². The molecule has 0 bridgehead atoms. The molecule has 0 aliphatic carbocycles. The minimum atomic E-state index is 0.102. The number of hydrogen-bond acceptors (Lipinski definition) is 2. The van der Waals surface area contributed by atoms with Crippen molar-refractivity contribution < 1.29 is 4.74 Å². The molecule has 1 aromatic rings. The predicted molar refractivity (Wildman–Crippen MR) is 66.4 cm³/mol. The Kier molecular flexibility index (Phi) is 3.62. The average Bonchev–Trinajstić information content (AvgIpc) is 2.26. The summed E-state index contributed by atoms with van der Waals surface area (Å²) in [5.41, 5.74) is 1.49. The molecule has 2 nitrogen and oxygen atoms in total. The third-order valence-corrected chi connectivity index (χ3v) is 3.02. The van der Waals surface area contributed by atoms with E-state index in [0.717, 1.165) is 32.7 Å². The summed E-state index contributed by atoms with van der Waals surface area (Å²) in [6.07, 6.45) is 1.11. The van der Waals surface area contributed by atoms with Crippen LogP contribution >= 0.6 is 0 Å². The minimum absolute atomic E-state index is 0.102. The zero-order valence-electron chi connectivity index (χ0n) is 10.3. The van der Waals surface area contributed by atoms with Crippen molar-refractivity contribution in [1.82, 2.24) is 4.90 Å². The molecule has 2 heteroatoms. The summed E-state index contributed by atoms with van der Waals surface area (Å²) >= 11 is 0. The van der Waals surface area contributed by atoms with Crippen LogP contribution < -0.4 is 0 Å². The summed E-state index contributed by atoms with van der Waals surface area (Å²) in [5, 5.41) is 0. The van der Waals surface area contributed by atoms with Gasteiger partial charge in [0.25, 0.3) is 0 Å². The van der Waals surface area contributed by atoms with Gasteiger partial charge >= 0.3 is 0 Å². The highest BCUT2D eigenvalue weighted by Crippen LogP contribution is 2.26. The van der Waals surface area contributed by atoms with Crippen LogP contribution in [0.25, 0.3) is 0 Å². The van der Waals surface area contributed by atoms with E-state index >= 15 is 0 Å². The standard InChI is InChI=1S/C14H21NO/c1-3-9-16-14(2)11-15(12-14)10-13-7-5-4-6-8-13/h4-8H,3,9-12H2,1-2H3. The summed E-state index contributed by atoms with van der Waals surface area (Å²) in [7, 11) is 0. The van der Waals surface area contributed by atoms with E-state index in [4.69, 9.17) is 4.74 Å². The Balaban J connectivity index is 1.76. The van der Waals surface area contributed by atoms with Crippen LogP contribution in [0, 0.1) is 0 Å². The third-order valence-electron chi connectivity index (χ3n) is 3.02. The molecule has 16 heavy (non-hydrogen) atoms. The van der Waals surface area contributed by atoms with Crippen LogP contribution in [0.3, 0.4) is 0 Å². The fraction of sp³-hybridized carbons (Fsp3) is 0.571. The molecule has 0 saturated carbocycles. The van der Waals surface area contributed by atoms with E-state index in [9.17, 15) is 0 Å². The van der Waals surface area contributed by atoms with Gasteiger partial charge in [-0.3, -0.25) is 4.90 Å². The van der Waals surface area contributed by atoms with Gasteiger partial charge in [-0.05, 0) is 18.9 Å². The molecule has 1 saturated heterocycles. The number of ether oxygens (including phenoxy) is 1. The third kappa shape index (κ3) is 2.83. The van der Waals surface area contributed by atoms with Crippen molar-refractivity contribution in [2.45, 2.75) is 32.4 Å². The van der Waals surface area contributed by atoms with E-state index in [1.54, 1.807) is 0 Å². The molecule has 0 unspecified atom stereocenters. The normalized spacial score (nSPS) is 19.4. The molecule has 1 aliphatic heterocycles. The highest BCUT2D eigenvalue weighted by molar-refractivity contribution is 5.15. The van der Waals surface area contributed by atoms with Crippen LogP contribution in [-0.2, 0) is 11.3 Å². The number of nitrogens with zero attached hydrogens (tertiary/aromatic N) is 1. The quantitative estimate of drug-likeness (QED) is 0.755. The summed E-state index contributed by atoms with van der Waals surface area (Å²) < 4.78 is 5.84. The maximum absolute atomic E-state index is 5.84. The highest BCUT2D eigenvalue weighted by atomic mass is 16.5. The van der Waals surface area contributed by atoms with Gasteiger partial charge in [0, 0.05) is 26.2 Å². The molecule has 0 atom stereocenters. The largest absolute Gasteiger partial charge is 0.373 e. The second kappa shape index (κ2) is 4.98. The molecule has 1 heterocycles. The Morgan fingerprint density at radius 3 is 2.56 bits per heavy atom. The first-order valence-electron chi connectivity index (χ1n) is 6.12. The van der Waals surface area contributed by atoms with Crippen LogP contribution in [0.1, 0.15) is 25.8 Å². The van der Waals surface area contributed by atoms with Gasteiger partial charge in [0.1, 0.15) is 0 Å². The Bertz CT molecular complexity index is 317. The Morgan fingerprint density at radius 1 is 1.25 bits per heavy atom. The smallest absolute Gasteiger partial charge is 0.0907 e. The van der Waals surface area contributed by atoms with Crippen LogP contribution in [0.5, 0.6) is 0 Å². The molecule has 1 fully saturated rings. The van der Waals surface area contributed by atoms with Crippen LogP contribution in [0.4, 0.5) is 0 Å². The molecular weight excluding hydrogens is 198 g/mol. The Hall–Kier alpha value is -0.860. The number of likely N-dealkylation sites (tertiary alicyclic amines) is 1. The van der Waals surface area contributed by atoms with E-state index < -0.39 is 0 Å². The van der Waals surface area contributed by atoms with Crippen molar-refractivity contribution in [2.24, 2.45) is 0 Å². The van der Waals surface area contributed by atoms with Crippen LogP contribution in [0.15, 0.2) is 30.3 Å². The molecule has 0 aromatic heterocycles. The molecule has 0 radical (unpaired) electrons. The lowest BCUT2D eigenvalue weighted by Crippen LogP contribution is -2.60. The summed E-state index contributed by atoms with van der Waals surface area (Å²) in [4.78, 5) is 2.44. The zero-order chi connectivity index (χ0) is 11.4. The van der Waals surface area contributed by atoms with Gasteiger partial charge < -0.3 is 4.74 Å². The topological polar surface area (TPSA) is 12.5 Å². The summed E-state index contributed by atoms with van der Waals surface area (Å²) in [6.45, 7) is 8.42. The molecule has 2 rings (SSSR count). The first kappa shape index (κ1) is 11.6. The van der Waals surface area contributed by atoms with Crippen molar-refractivity contribution in [3.8, 4) is 0 Å². The molecule has 88 valence electrons. The van der Waals surface area contributed by atoms with E-state index in [1.165, 1.54) is 5.56 Å². The zero-order valence-corrected chi connectivity index (χ0v) is 10.3. The second-order valence-corrected chi connectivity index (χ2v) is 4.93. The van der Waals surface area contributed by atoms with Gasteiger partial charge in [0.15, 0.2) is 0 Å². The van der Waals surface area contributed by atoms with Gasteiger partial charge in [-0.25, -0.2) is 0 Å². The van der Waals surface area contributed by atoms with Gasteiger partial charge in [0.2, 0.25) is 0 Å². The number of benzene rings is 1. The Labute approximate surface area is 98.2 Å². The number of rotatable bonds is 5. The second-order valence-electron chi connectivity index (χ2n) is 4.93. The maximum atomic E-state index is 5.84. The molecule has 0 N–H and O–H groups in total. The molecule has 0 amide bonds. The van der Waals surface area contributed by atoms with Gasteiger partial charge in [-0.1, -0.05) is 37.3 Å². The van der Waals surface area contributed by atoms with E-state index in [-0.39, 0.29) is 5.60 Å². The maximum Gasteiger partial charge on any atom is 0.0907 e. The molecule has 1 aromatic carbocycles. The van der Waals surface area contributed by atoms with Crippen LogP contribution in [0.2, 0.25) is 0 Å². The summed E-state index contributed by atoms with van der Waals surface area (Å²) in [5.74, 6) is 0. The fourth-order valence-electron chi connectivity index (χ4n) is 2.29. The van der Waals surface area contributed by atoms with Crippen molar-refractivity contribution >= 4 is 0 Å². The highest BCUT2D eigenvalue weighted by Gasteiger charge is 2.39. The molecule has 1 aliphatic rings. The van der Waals surface area contributed by atoms with Crippen molar-refractivity contribution in [3.05, 3.63) is 35.9 Å². The number of hydrogen-bond donors (Lipinski definition) is 0. The lowest BCUT2D eigenvalue weighted by Gasteiger charge is -2.47. The predicted octanol–water partition coefficient (Wildman–Crippen LogP) is 2.69. The van der Waals surface area contributed by atoms with E-state index in [0.29, 0.717) is 0 Å². The van der Waals surface area contributed by atoms with Crippen LogP contribution in [-0.4, -0.2) is 30.2 Å². The van der Waals surface area contributed by atoms with E-state index in [2.05, 4.69) is 49.1 Å². The van der Waals surface area contributed by atoms with Gasteiger partial charge in [-0.2, -0.15) is 0 Å². The molecular formula is C14H21NO. The van der Waals surface area contributed by atoms with Gasteiger partial charge in [0.05, 0.1) is 5.60 Å².